The van der Waals surface area contributed by atoms with Crippen LogP contribution in [0.15, 0.2) is 18.2 Å². The molecule has 14 heteroatoms. The molecule has 4 rings (SSSR count). The maximum absolute atomic E-state index is 6.13. The smallest absolute Gasteiger partial charge is 1.00 e. The second-order valence-corrected chi connectivity index (χ2v) is 15.7. The molecule has 290 valence electrons. The van der Waals surface area contributed by atoms with Gasteiger partial charge in [0.15, 0.2) is 42.6 Å². The summed E-state index contributed by atoms with van der Waals surface area (Å²) >= 11 is 0. The topological polar surface area (TPSA) is 83.1 Å². The van der Waals surface area contributed by atoms with E-state index in [0.717, 1.165) is 32.3 Å². The van der Waals surface area contributed by atoms with Crippen LogP contribution in [-0.4, -0.2) is 72.1 Å². The second kappa shape index (κ2) is 20.1. The summed E-state index contributed by atoms with van der Waals surface area (Å²) in [4.78, 5) is 0. The fourth-order valence-corrected chi connectivity index (χ4v) is 13.9. The van der Waals surface area contributed by atoms with Crippen molar-refractivity contribution in [3.05, 3.63) is 57.1 Å². The van der Waals surface area contributed by atoms with E-state index >= 15 is 0 Å². The summed E-state index contributed by atoms with van der Waals surface area (Å²) in [5.74, 6) is 4.92. The maximum atomic E-state index is 6.13. The number of hydrogen-bond donors (Lipinski definition) is 0. The Morgan fingerprint density at radius 3 is 0.849 bits per heavy atom. The van der Waals surface area contributed by atoms with Gasteiger partial charge in [-0.25, -0.2) is 0 Å². The first-order valence-electron chi connectivity index (χ1n) is 16.0. The largest absolute Gasteiger partial charge is 4.00 e. The average molecular weight is 846 g/mol. The van der Waals surface area contributed by atoms with E-state index in [4.69, 9.17) is 42.6 Å². The van der Waals surface area contributed by atoms with Crippen LogP contribution < -0.4 is 101 Å². The van der Waals surface area contributed by atoms with Gasteiger partial charge in [0.1, 0.15) is 0 Å². The van der Waals surface area contributed by atoms with Crippen molar-refractivity contribution in [3.63, 3.8) is 0 Å². The molecule has 9 nitrogen and oxygen atoms in total. The van der Waals surface area contributed by atoms with E-state index in [-0.39, 0.29) is 58.9 Å². The molecule has 0 amide bonds. The molecule has 53 heavy (non-hydrogen) atoms. The van der Waals surface area contributed by atoms with Crippen molar-refractivity contribution in [3.8, 4) is 51.7 Å². The number of halogens is 3. The van der Waals surface area contributed by atoms with Gasteiger partial charge in [-0.05, 0) is 71.2 Å². The Kier molecular flexibility index (Phi) is 18.9. The molecule has 0 saturated heterocycles. The predicted molar refractivity (Wildman–Crippen MR) is 198 cm³/mol. The Morgan fingerprint density at radius 2 is 0.660 bits per heavy atom. The van der Waals surface area contributed by atoms with Gasteiger partial charge in [-0.3, -0.25) is 0 Å². The van der Waals surface area contributed by atoms with E-state index in [1.54, 1.807) is 64.0 Å². The van der Waals surface area contributed by atoms with Gasteiger partial charge < -0.3 is 79.9 Å². The Labute approximate surface area is 349 Å². The molecule has 0 aromatic heterocycles. The van der Waals surface area contributed by atoms with Gasteiger partial charge in [0, 0.05) is 0 Å². The van der Waals surface area contributed by atoms with Crippen molar-refractivity contribution in [2.24, 2.45) is 0 Å². The van der Waals surface area contributed by atoms with E-state index in [0.29, 0.717) is 51.7 Å². The Balaban J connectivity index is 0.00000676. The van der Waals surface area contributed by atoms with Crippen LogP contribution in [0.3, 0.4) is 0 Å². The molecule has 0 heterocycles. The van der Waals surface area contributed by atoms with Gasteiger partial charge >= 0.3 is 21.7 Å². The summed E-state index contributed by atoms with van der Waals surface area (Å²) < 4.78 is 54.3. The molecule has 0 atom stereocenters. The molecule has 0 aliphatic rings. The van der Waals surface area contributed by atoms with Gasteiger partial charge in [-0.15, -0.1) is 0 Å². The zero-order valence-corrected chi connectivity index (χ0v) is 38.4. The van der Waals surface area contributed by atoms with Gasteiger partial charge in [0.2, 0.25) is 17.2 Å². The summed E-state index contributed by atoms with van der Waals surface area (Å²) in [7, 11) is 11.2. The molecule has 4 aromatic rings. The van der Waals surface area contributed by atoms with E-state index in [1.165, 1.54) is 27.4 Å². The monoisotopic (exact) mass is 844 g/mol. The molecule has 0 spiro atoms. The van der Waals surface area contributed by atoms with Gasteiger partial charge in [0.25, 0.3) is 0 Å². The minimum atomic E-state index is -3.57. The summed E-state index contributed by atoms with van der Waals surface area (Å²) in [6.07, 6.45) is 0. The first kappa shape index (κ1) is 50.0. The molecule has 0 bridgehead atoms. The summed E-state index contributed by atoms with van der Waals surface area (Å²) in [5, 5.41) is 4.28. The SMILES string of the molecule is COc1cc([Si](c2cc(OC)c(OC)c(OC)c2C)(c2cc(OC)c(OC)c(OC)c2C)c2c(C)c(C)c(C)[c-]2C)c(C)c(OC)c1OC.[Cl-].[Cl-].[Cl-].[Ti+4]. The standard InChI is InChI=1S/C39H51O9Si.3ClH.Ti/c1-20-21(2)23(4)39(22(20)3)49(30-17-27(40-8)36(46-14)33(43-11)24(30)5,31-18-28(41-9)37(47-15)34(44-12)25(31)6)32-19-29(42-10)38(48-16)35(45-13)26(32)7;;;;/h17-19H,1-16H3;3*1H;/q-1;;;;+4/p-3. The van der Waals surface area contributed by atoms with Crippen LogP contribution >= 0.6 is 0 Å². The van der Waals surface area contributed by atoms with Crippen molar-refractivity contribution in [1.82, 2.24) is 0 Å². The van der Waals surface area contributed by atoms with Crippen molar-refractivity contribution < 1.29 is 102 Å². The van der Waals surface area contributed by atoms with Crippen molar-refractivity contribution in [1.29, 1.82) is 0 Å². The quantitative estimate of drug-likeness (QED) is 0.0762. The first-order chi connectivity index (χ1) is 23.4. The molecular weight excluding hydrogens is 795 g/mol. The van der Waals surface area contributed by atoms with Crippen LogP contribution in [-0.2, 0) is 21.7 Å². The van der Waals surface area contributed by atoms with Crippen molar-refractivity contribution in [2.75, 3.05) is 64.0 Å². The number of benzene rings is 3. The normalized spacial score (nSPS) is 10.4. The second-order valence-electron chi connectivity index (χ2n) is 12.1. The third-order valence-corrected chi connectivity index (χ3v) is 15.7. The third-order valence-electron chi connectivity index (χ3n) is 10.3. The minimum Gasteiger partial charge on any atom is -1.00 e. The van der Waals surface area contributed by atoms with Crippen LogP contribution in [0, 0.1) is 48.5 Å². The number of rotatable bonds is 13. The van der Waals surface area contributed by atoms with E-state index in [9.17, 15) is 0 Å². The maximum Gasteiger partial charge on any atom is 4.00 e. The summed E-state index contributed by atoms with van der Waals surface area (Å²) in [6.45, 7) is 15.0. The molecule has 0 saturated carbocycles. The Hall–Kier alpha value is -2.99. The van der Waals surface area contributed by atoms with E-state index < -0.39 is 8.07 Å². The van der Waals surface area contributed by atoms with Crippen LogP contribution in [0.25, 0.3) is 0 Å². The van der Waals surface area contributed by atoms with Crippen molar-refractivity contribution >= 4 is 28.8 Å². The van der Waals surface area contributed by atoms with Crippen LogP contribution in [0.2, 0.25) is 0 Å². The van der Waals surface area contributed by atoms with E-state index in [2.05, 4.69) is 66.7 Å². The van der Waals surface area contributed by atoms with E-state index in [1.807, 2.05) is 0 Å². The van der Waals surface area contributed by atoms with Crippen molar-refractivity contribution in [2.45, 2.75) is 48.5 Å². The Morgan fingerprint density at radius 1 is 0.396 bits per heavy atom. The number of ether oxygens (including phenoxy) is 9. The minimum absolute atomic E-state index is 0. The number of hydrogen-bond acceptors (Lipinski definition) is 9. The molecular formula is C39H51Cl3O9SiTi. The number of methoxy groups -OCH3 is 9. The molecule has 4 aromatic carbocycles. The van der Waals surface area contributed by atoms with Crippen LogP contribution in [0.1, 0.15) is 38.9 Å². The van der Waals surface area contributed by atoms with Gasteiger partial charge in [-0.1, -0.05) is 27.7 Å². The first-order valence-corrected chi connectivity index (χ1v) is 18.0. The zero-order chi connectivity index (χ0) is 36.5. The molecule has 0 fully saturated rings. The Bertz CT molecular complexity index is 1700. The van der Waals surface area contributed by atoms with Crippen LogP contribution in [0.4, 0.5) is 0 Å². The molecule has 0 unspecified atom stereocenters. The zero-order valence-electron chi connectivity index (χ0n) is 33.5. The summed E-state index contributed by atoms with van der Waals surface area (Å²) in [5.41, 5.74) is 7.55. The molecule has 0 radical (unpaired) electrons. The average Bonchev–Trinajstić information content (AvgIpc) is 3.30. The molecule has 0 N–H and O–H groups in total. The molecule has 0 aliphatic heterocycles. The summed E-state index contributed by atoms with van der Waals surface area (Å²) in [6, 6.07) is 6.31. The van der Waals surface area contributed by atoms with Gasteiger partial charge in [0.05, 0.1) is 64.0 Å². The fourth-order valence-electron chi connectivity index (χ4n) is 7.69. The molecule has 0 aliphatic carbocycles. The van der Waals surface area contributed by atoms with Crippen LogP contribution in [0.5, 0.6) is 51.7 Å². The van der Waals surface area contributed by atoms with Gasteiger partial charge in [-0.2, -0.15) is 27.4 Å². The predicted octanol–water partition coefficient (Wildman–Crippen LogP) is -3.97. The fraction of sp³-hybridized carbons (Fsp3) is 0.410. The third kappa shape index (κ3) is 7.65.